The number of allylic oxidation sites excluding steroid dienone is 8. The summed E-state index contributed by atoms with van der Waals surface area (Å²) in [4.78, 5) is 19.5. The number of unbranched alkanes of at least 4 members (excludes halogenated alkanes) is 18. The van der Waals surface area contributed by atoms with Crippen molar-refractivity contribution < 1.29 is 20.1 Å². The third-order valence-corrected chi connectivity index (χ3v) is 8.23. The first-order valence-corrected chi connectivity index (χ1v) is 19.5. The standard InChI is InChI=1S/C21H35NO3.C19H39NO3/c1-2-3-4-5-6-7-8-9-10-11-12-13-14-15-16-17-18-19-21(23)20-22(24)25;1-2-3-4-5-6-7-8-9-10-11-12-13-14-15-16-17-19(21)18-20(22)23/h6-7,9-10,12-13,15-16,21,23H,2-5,8,11,14,17-20H2,1H3;19,21H,2-18H2,1H3/b7-6-,10-9-,13-12-,16-15-;. The first-order chi connectivity index (χ1) is 23.3. The molecule has 0 aromatic carbocycles. The van der Waals surface area contributed by atoms with Gasteiger partial charge in [-0.1, -0.05) is 172 Å². The van der Waals surface area contributed by atoms with E-state index in [1.54, 1.807) is 0 Å². The summed E-state index contributed by atoms with van der Waals surface area (Å²) in [6.07, 6.45) is 46.2. The van der Waals surface area contributed by atoms with Crippen molar-refractivity contribution in [3.8, 4) is 0 Å². The van der Waals surface area contributed by atoms with Crippen LogP contribution in [-0.4, -0.2) is 45.4 Å². The smallest absolute Gasteiger partial charge is 0.229 e. The highest BCUT2D eigenvalue weighted by atomic mass is 16.6. The fourth-order valence-corrected chi connectivity index (χ4v) is 5.31. The highest BCUT2D eigenvalue weighted by molar-refractivity contribution is 4.99. The molecule has 0 spiro atoms. The fraction of sp³-hybridized carbons (Fsp3) is 0.800. The lowest BCUT2D eigenvalue weighted by Gasteiger charge is -2.06. The van der Waals surface area contributed by atoms with E-state index in [1.165, 1.54) is 109 Å². The predicted octanol–water partition coefficient (Wildman–Crippen LogP) is 11.7. The van der Waals surface area contributed by atoms with E-state index in [-0.39, 0.29) is 13.1 Å². The van der Waals surface area contributed by atoms with E-state index < -0.39 is 22.1 Å². The molecule has 2 unspecified atom stereocenters. The van der Waals surface area contributed by atoms with E-state index in [2.05, 4.69) is 62.5 Å². The molecule has 0 aliphatic rings. The average Bonchev–Trinajstić information content (AvgIpc) is 3.04. The zero-order chi connectivity index (χ0) is 35.8. The molecular formula is C40H74N2O6. The van der Waals surface area contributed by atoms with Crippen LogP contribution in [0.5, 0.6) is 0 Å². The van der Waals surface area contributed by atoms with E-state index in [1.807, 2.05) is 0 Å². The van der Waals surface area contributed by atoms with Crippen LogP contribution < -0.4 is 0 Å². The molecule has 2 atom stereocenters. The number of hydrogen-bond donors (Lipinski definition) is 2. The Kier molecular flexibility index (Phi) is 40.7. The van der Waals surface area contributed by atoms with Gasteiger partial charge in [-0.2, -0.15) is 0 Å². The first-order valence-electron chi connectivity index (χ1n) is 19.5. The Bertz CT molecular complexity index is 812. The van der Waals surface area contributed by atoms with Gasteiger partial charge in [-0.05, 0) is 57.8 Å². The third-order valence-electron chi connectivity index (χ3n) is 8.23. The summed E-state index contributed by atoms with van der Waals surface area (Å²) < 4.78 is 0. The van der Waals surface area contributed by atoms with Gasteiger partial charge in [0.25, 0.3) is 0 Å². The molecule has 2 N–H and O–H groups in total. The van der Waals surface area contributed by atoms with Gasteiger partial charge >= 0.3 is 0 Å². The third kappa shape index (κ3) is 45.8. The largest absolute Gasteiger partial charge is 0.386 e. The van der Waals surface area contributed by atoms with Crippen molar-refractivity contribution in [3.05, 3.63) is 68.8 Å². The van der Waals surface area contributed by atoms with Crippen LogP contribution in [-0.2, 0) is 0 Å². The zero-order valence-electron chi connectivity index (χ0n) is 31.0. The van der Waals surface area contributed by atoms with Crippen molar-refractivity contribution >= 4 is 0 Å². The molecular weight excluding hydrogens is 604 g/mol. The molecule has 0 aromatic rings. The Balaban J connectivity index is 0. The minimum Gasteiger partial charge on any atom is -0.386 e. The molecule has 8 nitrogen and oxygen atoms in total. The van der Waals surface area contributed by atoms with Gasteiger partial charge in [-0.15, -0.1) is 0 Å². The van der Waals surface area contributed by atoms with Gasteiger partial charge in [-0.25, -0.2) is 0 Å². The lowest BCUT2D eigenvalue weighted by Crippen LogP contribution is -2.18. The fourth-order valence-electron chi connectivity index (χ4n) is 5.31. The van der Waals surface area contributed by atoms with Crippen molar-refractivity contribution in [2.75, 3.05) is 13.1 Å². The summed E-state index contributed by atoms with van der Waals surface area (Å²) in [5, 5.41) is 39.2. The molecule has 0 amide bonds. The Hall–Kier alpha value is -2.32. The molecule has 0 aromatic heterocycles. The second-order valence-corrected chi connectivity index (χ2v) is 13.1. The molecule has 0 bridgehead atoms. The minimum atomic E-state index is -0.818. The van der Waals surface area contributed by atoms with Crippen LogP contribution >= 0.6 is 0 Å². The van der Waals surface area contributed by atoms with Crippen LogP contribution in [0.1, 0.15) is 181 Å². The van der Waals surface area contributed by atoms with E-state index in [0.29, 0.717) is 12.8 Å². The normalized spacial score (nSPS) is 13.1. The molecule has 0 saturated carbocycles. The van der Waals surface area contributed by atoms with Crippen LogP contribution in [0.15, 0.2) is 48.6 Å². The quantitative estimate of drug-likeness (QED) is 0.0302. The molecule has 0 aliphatic carbocycles. The maximum atomic E-state index is 10.2. The highest BCUT2D eigenvalue weighted by Crippen LogP contribution is 2.14. The Labute approximate surface area is 294 Å². The average molecular weight is 679 g/mol. The lowest BCUT2D eigenvalue weighted by molar-refractivity contribution is -0.490. The number of aliphatic hydroxyl groups is 2. The number of nitro groups is 2. The molecule has 0 fully saturated rings. The van der Waals surface area contributed by atoms with E-state index >= 15 is 0 Å². The monoisotopic (exact) mass is 679 g/mol. The van der Waals surface area contributed by atoms with Crippen LogP contribution in [0.4, 0.5) is 0 Å². The van der Waals surface area contributed by atoms with Crippen LogP contribution in [0.2, 0.25) is 0 Å². The Morgan fingerprint density at radius 2 is 0.729 bits per heavy atom. The van der Waals surface area contributed by atoms with E-state index in [9.17, 15) is 30.4 Å². The SMILES string of the molecule is CCCCC/C=C\C/C=C\C/C=C\C/C=C\CCCC(O)C[N+](=O)[O-].CCCCCCCCCCCCCCCCCC(O)C[N+](=O)[O-]. The van der Waals surface area contributed by atoms with Crippen LogP contribution in [0.25, 0.3) is 0 Å². The molecule has 0 aliphatic heterocycles. The predicted molar refractivity (Wildman–Crippen MR) is 204 cm³/mol. The van der Waals surface area contributed by atoms with E-state index in [0.717, 1.165) is 44.9 Å². The van der Waals surface area contributed by atoms with Gasteiger partial charge in [0.2, 0.25) is 13.1 Å². The highest BCUT2D eigenvalue weighted by Gasteiger charge is 2.10. The van der Waals surface area contributed by atoms with Crippen LogP contribution in [0, 0.1) is 20.2 Å². The van der Waals surface area contributed by atoms with Crippen LogP contribution in [0.3, 0.4) is 0 Å². The summed E-state index contributed by atoms with van der Waals surface area (Å²) >= 11 is 0. The summed E-state index contributed by atoms with van der Waals surface area (Å²) in [5.74, 6) is 0. The molecule has 0 heterocycles. The molecule has 0 radical (unpaired) electrons. The van der Waals surface area contributed by atoms with Gasteiger partial charge in [0.05, 0.1) is 0 Å². The molecule has 280 valence electrons. The van der Waals surface area contributed by atoms with Crippen molar-refractivity contribution in [2.45, 2.75) is 193 Å². The summed E-state index contributed by atoms with van der Waals surface area (Å²) in [6.45, 7) is 3.83. The summed E-state index contributed by atoms with van der Waals surface area (Å²) in [6, 6.07) is 0. The van der Waals surface area contributed by atoms with Crippen molar-refractivity contribution in [1.82, 2.24) is 0 Å². The maximum absolute atomic E-state index is 10.2. The van der Waals surface area contributed by atoms with Gasteiger partial charge in [-0.3, -0.25) is 20.2 Å². The molecule has 0 saturated heterocycles. The summed E-state index contributed by atoms with van der Waals surface area (Å²) in [7, 11) is 0. The van der Waals surface area contributed by atoms with Gasteiger partial charge in [0, 0.05) is 9.85 Å². The molecule has 0 rings (SSSR count). The van der Waals surface area contributed by atoms with E-state index in [4.69, 9.17) is 0 Å². The maximum Gasteiger partial charge on any atom is 0.229 e. The molecule has 8 heteroatoms. The lowest BCUT2D eigenvalue weighted by atomic mass is 10.0. The Morgan fingerprint density at radius 3 is 1.10 bits per heavy atom. The van der Waals surface area contributed by atoms with Gasteiger partial charge in [0.15, 0.2) is 0 Å². The molecule has 48 heavy (non-hydrogen) atoms. The van der Waals surface area contributed by atoms with Gasteiger partial charge in [0.1, 0.15) is 12.2 Å². The number of aliphatic hydroxyl groups excluding tert-OH is 2. The summed E-state index contributed by atoms with van der Waals surface area (Å²) in [5.41, 5.74) is 0. The van der Waals surface area contributed by atoms with Crippen molar-refractivity contribution in [3.63, 3.8) is 0 Å². The second kappa shape index (κ2) is 40.9. The van der Waals surface area contributed by atoms with Crippen molar-refractivity contribution in [1.29, 1.82) is 0 Å². The second-order valence-electron chi connectivity index (χ2n) is 13.1. The topological polar surface area (TPSA) is 127 Å². The van der Waals surface area contributed by atoms with Gasteiger partial charge < -0.3 is 10.2 Å². The Morgan fingerprint density at radius 1 is 0.438 bits per heavy atom. The number of nitrogens with zero attached hydrogens (tertiary/aromatic N) is 2. The zero-order valence-corrected chi connectivity index (χ0v) is 31.0. The minimum absolute atomic E-state index is 0.307. The number of hydrogen-bond acceptors (Lipinski definition) is 6. The first kappa shape index (κ1) is 47.8. The van der Waals surface area contributed by atoms with Crippen molar-refractivity contribution in [2.24, 2.45) is 0 Å². The number of rotatable bonds is 34.